The lowest BCUT2D eigenvalue weighted by Gasteiger charge is -2.30. The zero-order chi connectivity index (χ0) is 14.3. The van der Waals surface area contributed by atoms with E-state index >= 15 is 0 Å². The fourth-order valence-electron chi connectivity index (χ4n) is 2.46. The first-order chi connectivity index (χ1) is 10.4. The zero-order valence-corrected chi connectivity index (χ0v) is 12.0. The van der Waals surface area contributed by atoms with Crippen molar-refractivity contribution in [2.75, 3.05) is 32.8 Å². The van der Waals surface area contributed by atoms with Crippen LogP contribution in [0.2, 0.25) is 0 Å². The Morgan fingerprint density at radius 3 is 2.52 bits per heavy atom. The highest BCUT2D eigenvalue weighted by Crippen LogP contribution is 2.21. The molecule has 0 saturated carbocycles. The quantitative estimate of drug-likeness (QED) is 0.845. The van der Waals surface area contributed by atoms with Crippen LogP contribution in [0.4, 0.5) is 0 Å². The molecular weight excluding hydrogens is 264 g/mol. The summed E-state index contributed by atoms with van der Waals surface area (Å²) in [6.45, 7) is 4.35. The molecule has 0 radical (unpaired) electrons. The first kappa shape index (κ1) is 14.0. The highest BCUT2D eigenvalue weighted by molar-refractivity contribution is 5.20. The second kappa shape index (κ2) is 7.20. The Balaban J connectivity index is 1.74. The van der Waals surface area contributed by atoms with Crippen LogP contribution in [0.15, 0.2) is 54.7 Å². The van der Waals surface area contributed by atoms with Crippen molar-refractivity contribution >= 4 is 0 Å². The third-order valence-corrected chi connectivity index (χ3v) is 3.60. The van der Waals surface area contributed by atoms with E-state index in [1.807, 2.05) is 36.4 Å². The maximum absolute atomic E-state index is 6.11. The van der Waals surface area contributed by atoms with Crippen LogP contribution in [-0.4, -0.2) is 42.7 Å². The Morgan fingerprint density at radius 1 is 1.05 bits per heavy atom. The highest BCUT2D eigenvalue weighted by Gasteiger charge is 2.20. The van der Waals surface area contributed by atoms with Gasteiger partial charge in [0.15, 0.2) is 0 Å². The molecule has 21 heavy (non-hydrogen) atoms. The summed E-state index contributed by atoms with van der Waals surface area (Å²) < 4.78 is 11.5. The Labute approximate surface area is 125 Å². The molecule has 0 aliphatic carbocycles. The van der Waals surface area contributed by atoms with Gasteiger partial charge in [0, 0.05) is 31.9 Å². The van der Waals surface area contributed by atoms with E-state index in [0.29, 0.717) is 5.88 Å². The molecule has 0 bridgehead atoms. The SMILES string of the molecule is c1ccc([C@@H](CN2CCOCC2)Oc2ccccn2)cc1. The second-order valence-electron chi connectivity index (χ2n) is 5.10. The molecule has 1 saturated heterocycles. The number of aromatic nitrogens is 1. The van der Waals surface area contributed by atoms with Gasteiger partial charge in [0.05, 0.1) is 13.2 Å². The van der Waals surface area contributed by atoms with Gasteiger partial charge >= 0.3 is 0 Å². The van der Waals surface area contributed by atoms with E-state index in [1.54, 1.807) is 6.20 Å². The summed E-state index contributed by atoms with van der Waals surface area (Å²) >= 11 is 0. The van der Waals surface area contributed by atoms with E-state index in [2.05, 4.69) is 22.0 Å². The summed E-state index contributed by atoms with van der Waals surface area (Å²) in [5, 5.41) is 0. The number of benzene rings is 1. The van der Waals surface area contributed by atoms with Gasteiger partial charge in [-0.2, -0.15) is 0 Å². The number of nitrogens with zero attached hydrogens (tertiary/aromatic N) is 2. The largest absolute Gasteiger partial charge is 0.468 e. The predicted octanol–water partition coefficient (Wildman–Crippen LogP) is 2.53. The van der Waals surface area contributed by atoms with Gasteiger partial charge in [-0.25, -0.2) is 4.98 Å². The van der Waals surface area contributed by atoms with Gasteiger partial charge in [-0.3, -0.25) is 4.90 Å². The van der Waals surface area contributed by atoms with E-state index in [0.717, 1.165) is 32.8 Å². The topological polar surface area (TPSA) is 34.6 Å². The van der Waals surface area contributed by atoms with Crippen molar-refractivity contribution in [2.45, 2.75) is 6.10 Å². The van der Waals surface area contributed by atoms with Crippen LogP contribution in [0.25, 0.3) is 0 Å². The van der Waals surface area contributed by atoms with Crippen molar-refractivity contribution in [3.05, 3.63) is 60.3 Å². The molecule has 1 aliphatic heterocycles. The number of ether oxygens (including phenoxy) is 2. The van der Waals surface area contributed by atoms with Crippen LogP contribution >= 0.6 is 0 Å². The monoisotopic (exact) mass is 284 g/mol. The van der Waals surface area contributed by atoms with Gasteiger partial charge in [-0.1, -0.05) is 36.4 Å². The van der Waals surface area contributed by atoms with Gasteiger partial charge < -0.3 is 9.47 Å². The van der Waals surface area contributed by atoms with Crippen molar-refractivity contribution in [3.8, 4) is 5.88 Å². The third kappa shape index (κ3) is 4.03. The van der Waals surface area contributed by atoms with Crippen molar-refractivity contribution in [2.24, 2.45) is 0 Å². The van der Waals surface area contributed by atoms with Crippen molar-refractivity contribution in [1.29, 1.82) is 0 Å². The minimum Gasteiger partial charge on any atom is -0.468 e. The van der Waals surface area contributed by atoms with Crippen LogP contribution < -0.4 is 4.74 Å². The molecule has 1 atom stereocenters. The van der Waals surface area contributed by atoms with Crippen LogP contribution in [0.3, 0.4) is 0 Å². The molecule has 4 nitrogen and oxygen atoms in total. The normalized spacial score (nSPS) is 17.3. The number of hydrogen-bond donors (Lipinski definition) is 0. The molecule has 0 unspecified atom stereocenters. The van der Waals surface area contributed by atoms with Crippen LogP contribution in [0, 0.1) is 0 Å². The number of hydrogen-bond acceptors (Lipinski definition) is 4. The minimum absolute atomic E-state index is 0.0146. The summed E-state index contributed by atoms with van der Waals surface area (Å²) in [7, 11) is 0. The Kier molecular flexibility index (Phi) is 4.82. The van der Waals surface area contributed by atoms with E-state index in [4.69, 9.17) is 9.47 Å². The molecule has 110 valence electrons. The fourth-order valence-corrected chi connectivity index (χ4v) is 2.46. The van der Waals surface area contributed by atoms with Crippen molar-refractivity contribution in [1.82, 2.24) is 9.88 Å². The summed E-state index contributed by atoms with van der Waals surface area (Å²) in [4.78, 5) is 6.65. The molecule has 4 heteroatoms. The van der Waals surface area contributed by atoms with E-state index in [1.165, 1.54) is 5.56 Å². The number of rotatable bonds is 5. The molecule has 2 heterocycles. The van der Waals surface area contributed by atoms with E-state index < -0.39 is 0 Å². The summed E-state index contributed by atoms with van der Waals surface area (Å²) in [6.07, 6.45) is 1.74. The molecule has 1 fully saturated rings. The van der Waals surface area contributed by atoms with Crippen LogP contribution in [0.5, 0.6) is 5.88 Å². The second-order valence-corrected chi connectivity index (χ2v) is 5.10. The van der Waals surface area contributed by atoms with E-state index in [9.17, 15) is 0 Å². The van der Waals surface area contributed by atoms with Gasteiger partial charge in [-0.05, 0) is 11.6 Å². The Morgan fingerprint density at radius 2 is 1.81 bits per heavy atom. The summed E-state index contributed by atoms with van der Waals surface area (Å²) in [6, 6.07) is 16.1. The van der Waals surface area contributed by atoms with Gasteiger partial charge in [0.25, 0.3) is 0 Å². The highest BCUT2D eigenvalue weighted by atomic mass is 16.5. The summed E-state index contributed by atoms with van der Waals surface area (Å²) in [5.41, 5.74) is 1.18. The third-order valence-electron chi connectivity index (χ3n) is 3.60. The molecule has 1 aromatic heterocycles. The molecule has 0 spiro atoms. The van der Waals surface area contributed by atoms with Gasteiger partial charge in [0.2, 0.25) is 5.88 Å². The molecule has 0 amide bonds. The van der Waals surface area contributed by atoms with Crippen LogP contribution in [0.1, 0.15) is 11.7 Å². The minimum atomic E-state index is -0.0146. The van der Waals surface area contributed by atoms with Gasteiger partial charge in [-0.15, -0.1) is 0 Å². The predicted molar refractivity (Wildman–Crippen MR) is 81.3 cm³/mol. The maximum atomic E-state index is 6.11. The van der Waals surface area contributed by atoms with Crippen LogP contribution in [-0.2, 0) is 4.74 Å². The Hall–Kier alpha value is -1.91. The first-order valence-corrected chi connectivity index (χ1v) is 7.34. The zero-order valence-electron chi connectivity index (χ0n) is 12.0. The average Bonchev–Trinajstić information content (AvgIpc) is 2.57. The van der Waals surface area contributed by atoms with Crippen molar-refractivity contribution in [3.63, 3.8) is 0 Å². The fraction of sp³-hybridized carbons (Fsp3) is 0.353. The number of morpholine rings is 1. The molecular formula is C17H20N2O2. The smallest absolute Gasteiger partial charge is 0.213 e. The lowest BCUT2D eigenvalue weighted by Crippen LogP contribution is -2.39. The maximum Gasteiger partial charge on any atom is 0.213 e. The molecule has 3 rings (SSSR count). The average molecular weight is 284 g/mol. The lowest BCUT2D eigenvalue weighted by molar-refractivity contribution is 0.0182. The molecule has 1 aliphatic rings. The standard InChI is InChI=1S/C17H20N2O2/c1-2-6-15(7-3-1)16(14-19-10-12-20-13-11-19)21-17-8-4-5-9-18-17/h1-9,16H,10-14H2/t16-/m1/s1. The lowest BCUT2D eigenvalue weighted by atomic mass is 10.1. The molecule has 2 aromatic rings. The Bertz CT molecular complexity index is 527. The van der Waals surface area contributed by atoms with E-state index in [-0.39, 0.29) is 6.10 Å². The van der Waals surface area contributed by atoms with Crippen molar-refractivity contribution < 1.29 is 9.47 Å². The van der Waals surface area contributed by atoms with Gasteiger partial charge in [0.1, 0.15) is 6.10 Å². The first-order valence-electron chi connectivity index (χ1n) is 7.34. The molecule has 0 N–H and O–H groups in total. The summed E-state index contributed by atoms with van der Waals surface area (Å²) in [5.74, 6) is 0.666. The number of pyridine rings is 1. The molecule has 1 aromatic carbocycles.